The monoisotopic (exact) mass is 234 g/mol. The van der Waals surface area contributed by atoms with E-state index in [0.29, 0.717) is 12.3 Å². The SMILES string of the molecule is CCCCNC(=O)NC(=O)CSCCO. The van der Waals surface area contributed by atoms with Crippen LogP contribution in [0.1, 0.15) is 19.8 Å². The number of nitrogens with one attached hydrogen (secondary N) is 2. The van der Waals surface area contributed by atoms with Gasteiger partial charge in [0.25, 0.3) is 0 Å². The number of hydrogen-bond acceptors (Lipinski definition) is 4. The third-order valence-corrected chi connectivity index (χ3v) is 2.48. The number of aliphatic hydroxyl groups excluding tert-OH is 1. The van der Waals surface area contributed by atoms with Crippen LogP contribution in [-0.2, 0) is 4.79 Å². The molecule has 0 bridgehead atoms. The fraction of sp³-hybridized carbons (Fsp3) is 0.778. The van der Waals surface area contributed by atoms with Gasteiger partial charge < -0.3 is 10.4 Å². The minimum absolute atomic E-state index is 0.0423. The van der Waals surface area contributed by atoms with Crippen LogP contribution >= 0.6 is 11.8 Å². The summed E-state index contributed by atoms with van der Waals surface area (Å²) in [5, 5.41) is 13.3. The highest BCUT2D eigenvalue weighted by Crippen LogP contribution is 1.96. The number of thioether (sulfide) groups is 1. The van der Waals surface area contributed by atoms with Gasteiger partial charge in [-0.05, 0) is 6.42 Å². The van der Waals surface area contributed by atoms with E-state index in [2.05, 4.69) is 10.6 Å². The first kappa shape index (κ1) is 14.2. The molecule has 0 rings (SSSR count). The standard InChI is InChI=1S/C9H18N2O3S/c1-2-3-4-10-9(14)11-8(13)7-15-6-5-12/h12H,2-7H2,1H3,(H2,10,11,13,14). The van der Waals surface area contributed by atoms with Crippen LogP contribution in [0.15, 0.2) is 0 Å². The maximum absolute atomic E-state index is 11.1. The van der Waals surface area contributed by atoms with Crippen LogP contribution in [0, 0.1) is 0 Å². The van der Waals surface area contributed by atoms with Crippen LogP contribution in [-0.4, -0.2) is 41.7 Å². The van der Waals surface area contributed by atoms with Gasteiger partial charge in [-0.3, -0.25) is 10.1 Å². The van der Waals surface area contributed by atoms with E-state index in [-0.39, 0.29) is 18.3 Å². The van der Waals surface area contributed by atoms with E-state index in [0.717, 1.165) is 12.8 Å². The van der Waals surface area contributed by atoms with Gasteiger partial charge in [0.2, 0.25) is 5.91 Å². The molecule has 0 aliphatic rings. The normalized spacial score (nSPS) is 9.73. The number of aliphatic hydroxyl groups is 1. The van der Waals surface area contributed by atoms with Crippen LogP contribution < -0.4 is 10.6 Å². The molecule has 3 N–H and O–H groups in total. The summed E-state index contributed by atoms with van der Waals surface area (Å²) in [6.45, 7) is 2.65. The molecule has 0 spiro atoms. The summed E-state index contributed by atoms with van der Waals surface area (Å²) in [7, 11) is 0. The quantitative estimate of drug-likeness (QED) is 0.555. The molecule has 0 unspecified atom stereocenters. The molecule has 6 heteroatoms. The van der Waals surface area contributed by atoms with E-state index in [1.165, 1.54) is 11.8 Å². The van der Waals surface area contributed by atoms with E-state index in [1.54, 1.807) is 0 Å². The molecule has 0 aromatic heterocycles. The van der Waals surface area contributed by atoms with Gasteiger partial charge in [0.1, 0.15) is 0 Å². The van der Waals surface area contributed by atoms with Crippen LogP contribution in [0.2, 0.25) is 0 Å². The van der Waals surface area contributed by atoms with Gasteiger partial charge in [0.05, 0.1) is 12.4 Å². The summed E-state index contributed by atoms with van der Waals surface area (Å²) in [6, 6.07) is -0.446. The molecule has 0 aromatic rings. The van der Waals surface area contributed by atoms with Crippen molar-refractivity contribution in [3.05, 3.63) is 0 Å². The van der Waals surface area contributed by atoms with Gasteiger partial charge in [0.15, 0.2) is 0 Å². The number of unbranched alkanes of at least 4 members (excludes halogenated alkanes) is 1. The number of carbonyl (C=O) groups excluding carboxylic acids is 2. The van der Waals surface area contributed by atoms with Gasteiger partial charge in [-0.25, -0.2) is 4.79 Å². The summed E-state index contributed by atoms with van der Waals surface area (Å²) in [5.74, 6) is 0.370. The fourth-order valence-corrected chi connectivity index (χ4v) is 1.35. The minimum atomic E-state index is -0.446. The number of rotatable bonds is 7. The lowest BCUT2D eigenvalue weighted by Gasteiger charge is -2.05. The molecular weight excluding hydrogens is 216 g/mol. The molecule has 0 aromatic carbocycles. The number of amides is 3. The van der Waals surface area contributed by atoms with Crippen molar-refractivity contribution in [1.82, 2.24) is 10.6 Å². The third kappa shape index (κ3) is 9.55. The lowest BCUT2D eigenvalue weighted by Crippen LogP contribution is -2.40. The number of carbonyl (C=O) groups is 2. The molecule has 0 aliphatic carbocycles. The van der Waals surface area contributed by atoms with Gasteiger partial charge >= 0.3 is 6.03 Å². The zero-order chi connectivity index (χ0) is 11.5. The Kier molecular flexibility index (Phi) is 9.30. The van der Waals surface area contributed by atoms with Crippen LogP contribution in [0.25, 0.3) is 0 Å². The molecule has 88 valence electrons. The van der Waals surface area contributed by atoms with E-state index in [1.807, 2.05) is 6.92 Å². The Morgan fingerprint density at radius 3 is 2.73 bits per heavy atom. The Labute approximate surface area is 94.0 Å². The van der Waals surface area contributed by atoms with Crippen LogP contribution in [0.5, 0.6) is 0 Å². The Balaban J connectivity index is 3.45. The molecular formula is C9H18N2O3S. The first-order valence-corrected chi connectivity index (χ1v) is 6.12. The molecule has 0 fully saturated rings. The molecule has 15 heavy (non-hydrogen) atoms. The minimum Gasteiger partial charge on any atom is -0.396 e. The van der Waals surface area contributed by atoms with Crippen molar-refractivity contribution in [3.63, 3.8) is 0 Å². The lowest BCUT2D eigenvalue weighted by atomic mass is 10.3. The molecule has 0 saturated heterocycles. The van der Waals surface area contributed by atoms with Gasteiger partial charge in [-0.1, -0.05) is 13.3 Å². The van der Waals surface area contributed by atoms with Crippen molar-refractivity contribution in [2.24, 2.45) is 0 Å². The second-order valence-corrected chi connectivity index (χ2v) is 4.04. The largest absolute Gasteiger partial charge is 0.396 e. The summed E-state index contributed by atoms with van der Waals surface area (Å²) >= 11 is 1.29. The van der Waals surface area contributed by atoms with E-state index < -0.39 is 6.03 Å². The molecule has 5 nitrogen and oxygen atoms in total. The highest BCUT2D eigenvalue weighted by molar-refractivity contribution is 7.99. The van der Waals surface area contributed by atoms with Crippen LogP contribution in [0.3, 0.4) is 0 Å². The van der Waals surface area contributed by atoms with Crippen molar-refractivity contribution in [2.75, 3.05) is 24.7 Å². The summed E-state index contributed by atoms with van der Waals surface area (Å²) < 4.78 is 0. The number of urea groups is 1. The van der Waals surface area contributed by atoms with Crippen molar-refractivity contribution < 1.29 is 14.7 Å². The second kappa shape index (κ2) is 9.79. The molecule has 0 aliphatic heterocycles. The lowest BCUT2D eigenvalue weighted by molar-refractivity contribution is -0.117. The second-order valence-electron chi connectivity index (χ2n) is 2.93. The number of hydrogen-bond donors (Lipinski definition) is 3. The maximum atomic E-state index is 11.1. The van der Waals surface area contributed by atoms with Gasteiger partial charge in [-0.15, -0.1) is 11.8 Å². The fourth-order valence-electron chi connectivity index (χ4n) is 0.815. The zero-order valence-electron chi connectivity index (χ0n) is 8.91. The Morgan fingerprint density at radius 2 is 2.13 bits per heavy atom. The first-order valence-electron chi connectivity index (χ1n) is 4.97. The molecule has 0 saturated carbocycles. The topological polar surface area (TPSA) is 78.4 Å². The summed E-state index contributed by atoms with van der Waals surface area (Å²) in [5.41, 5.74) is 0. The van der Waals surface area contributed by atoms with Crippen LogP contribution in [0.4, 0.5) is 4.79 Å². The molecule has 0 atom stereocenters. The van der Waals surface area contributed by atoms with E-state index >= 15 is 0 Å². The molecule has 0 heterocycles. The van der Waals surface area contributed by atoms with Crippen molar-refractivity contribution in [1.29, 1.82) is 0 Å². The van der Waals surface area contributed by atoms with Crippen molar-refractivity contribution >= 4 is 23.7 Å². The Morgan fingerprint density at radius 1 is 1.40 bits per heavy atom. The predicted octanol–water partition coefficient (Wildman–Crippen LogP) is 0.338. The average Bonchev–Trinajstić information content (AvgIpc) is 2.18. The van der Waals surface area contributed by atoms with Gasteiger partial charge in [0, 0.05) is 12.3 Å². The number of imide groups is 1. The maximum Gasteiger partial charge on any atom is 0.321 e. The smallest absolute Gasteiger partial charge is 0.321 e. The summed E-state index contributed by atoms with van der Waals surface area (Å²) in [4.78, 5) is 22.1. The Bertz CT molecular complexity index is 180. The molecule has 0 radical (unpaired) electrons. The first-order chi connectivity index (χ1) is 7.20. The third-order valence-electron chi connectivity index (χ3n) is 1.54. The predicted molar refractivity (Wildman–Crippen MR) is 60.9 cm³/mol. The molecule has 3 amide bonds. The average molecular weight is 234 g/mol. The zero-order valence-corrected chi connectivity index (χ0v) is 9.73. The van der Waals surface area contributed by atoms with Crippen molar-refractivity contribution in [3.8, 4) is 0 Å². The highest BCUT2D eigenvalue weighted by Gasteiger charge is 2.05. The van der Waals surface area contributed by atoms with E-state index in [9.17, 15) is 9.59 Å². The summed E-state index contributed by atoms with van der Waals surface area (Å²) in [6.07, 6.45) is 1.90. The van der Waals surface area contributed by atoms with E-state index in [4.69, 9.17) is 5.11 Å². The van der Waals surface area contributed by atoms with Gasteiger partial charge in [-0.2, -0.15) is 0 Å². The van der Waals surface area contributed by atoms with Crippen molar-refractivity contribution in [2.45, 2.75) is 19.8 Å². The highest BCUT2D eigenvalue weighted by atomic mass is 32.2. The Hall–Kier alpha value is -0.750.